The maximum Gasteiger partial charge on any atom is 0.250 e. The number of sulfonamides is 1. The third-order valence-corrected chi connectivity index (χ3v) is 5.93. The Labute approximate surface area is 168 Å². The van der Waals surface area contributed by atoms with E-state index in [2.05, 4.69) is 20.9 Å². The van der Waals surface area contributed by atoms with Crippen LogP contribution in [0.4, 0.5) is 11.4 Å². The van der Waals surface area contributed by atoms with E-state index in [-0.39, 0.29) is 12.3 Å². The van der Waals surface area contributed by atoms with E-state index in [0.717, 1.165) is 0 Å². The van der Waals surface area contributed by atoms with Crippen LogP contribution in [0.2, 0.25) is 5.02 Å². The van der Waals surface area contributed by atoms with Crippen LogP contribution < -0.4 is 25.6 Å². The summed E-state index contributed by atoms with van der Waals surface area (Å²) in [5, 5.41) is 2.32. The van der Waals surface area contributed by atoms with Gasteiger partial charge >= 0.3 is 0 Å². The quantitative estimate of drug-likeness (QED) is 0.543. The van der Waals surface area contributed by atoms with Crippen LogP contribution in [0.5, 0.6) is 5.75 Å². The Hall–Kier alpha value is -2.33. The lowest BCUT2D eigenvalue weighted by Gasteiger charge is -2.14. The summed E-state index contributed by atoms with van der Waals surface area (Å²) in [5.41, 5.74) is 6.39. The molecule has 1 amide bonds. The molecule has 0 saturated carbocycles. The first-order chi connectivity index (χ1) is 13.4. The van der Waals surface area contributed by atoms with Crippen molar-refractivity contribution in [2.75, 3.05) is 16.6 Å². The molecule has 0 aliphatic carbocycles. The molecule has 0 spiro atoms. The zero-order chi connectivity index (χ0) is 20.1. The van der Waals surface area contributed by atoms with Crippen LogP contribution in [0, 0.1) is 0 Å². The second-order valence-corrected chi connectivity index (χ2v) is 8.47. The van der Waals surface area contributed by atoms with Gasteiger partial charge in [0.2, 0.25) is 15.9 Å². The largest absolute Gasteiger partial charge is 0.494 e. The van der Waals surface area contributed by atoms with Crippen LogP contribution >= 0.6 is 11.6 Å². The second kappa shape index (κ2) is 8.78. The van der Waals surface area contributed by atoms with E-state index in [1.807, 2.05) is 6.92 Å². The Morgan fingerprint density at radius 1 is 1.11 bits per heavy atom. The van der Waals surface area contributed by atoms with Crippen molar-refractivity contribution in [2.45, 2.75) is 24.8 Å². The Balaban J connectivity index is 1.58. The number of hydrogen-bond donors (Lipinski definition) is 4. The molecular weight excluding hydrogens is 404 g/mol. The summed E-state index contributed by atoms with van der Waals surface area (Å²) < 4.78 is 33.0. The summed E-state index contributed by atoms with van der Waals surface area (Å²) in [6.45, 7) is 2.40. The standard InChI is InChI=1S/C18H21ClN4O4S/c1-2-27-15-9-7-14(8-10-15)23-28(25,26)17-11-16(21-22-17)18(24)20-13-5-3-12(19)4-6-13/h3-10,16-17,21-23H,2,11H2,1H3,(H,20,24). The van der Waals surface area contributed by atoms with Gasteiger partial charge in [-0.1, -0.05) is 11.6 Å². The number of ether oxygens (including phenoxy) is 1. The number of hydrogen-bond acceptors (Lipinski definition) is 6. The van der Waals surface area contributed by atoms with Gasteiger partial charge in [-0.05, 0) is 55.5 Å². The Morgan fingerprint density at radius 3 is 2.39 bits per heavy atom. The Morgan fingerprint density at radius 2 is 1.75 bits per heavy atom. The molecule has 2 unspecified atom stereocenters. The Bertz CT molecular complexity index is 920. The van der Waals surface area contributed by atoms with Gasteiger partial charge in [0.15, 0.2) is 0 Å². The van der Waals surface area contributed by atoms with Gasteiger partial charge in [0.1, 0.15) is 17.2 Å². The van der Waals surface area contributed by atoms with Crippen LogP contribution in [0.15, 0.2) is 48.5 Å². The van der Waals surface area contributed by atoms with E-state index in [9.17, 15) is 13.2 Å². The van der Waals surface area contributed by atoms with Crippen LogP contribution in [-0.2, 0) is 14.8 Å². The molecule has 8 nitrogen and oxygen atoms in total. The molecule has 1 aliphatic rings. The van der Waals surface area contributed by atoms with Gasteiger partial charge in [-0.2, -0.15) is 0 Å². The van der Waals surface area contributed by atoms with Crippen molar-refractivity contribution >= 4 is 38.9 Å². The molecule has 0 radical (unpaired) electrons. The summed E-state index contributed by atoms with van der Waals surface area (Å²) in [4.78, 5) is 12.4. The number of nitrogens with one attached hydrogen (secondary N) is 4. The topological polar surface area (TPSA) is 109 Å². The minimum Gasteiger partial charge on any atom is -0.494 e. The van der Waals surface area contributed by atoms with Gasteiger partial charge < -0.3 is 10.1 Å². The van der Waals surface area contributed by atoms with Crippen molar-refractivity contribution in [3.8, 4) is 5.75 Å². The van der Waals surface area contributed by atoms with Gasteiger partial charge in [-0.25, -0.2) is 19.3 Å². The molecule has 1 aliphatic heterocycles. The third kappa shape index (κ3) is 5.14. The monoisotopic (exact) mass is 424 g/mol. The van der Waals surface area contributed by atoms with Crippen molar-refractivity contribution < 1.29 is 17.9 Å². The molecule has 28 heavy (non-hydrogen) atoms. The molecule has 0 bridgehead atoms. The average Bonchev–Trinajstić information content (AvgIpc) is 3.17. The fraction of sp³-hybridized carbons (Fsp3) is 0.278. The summed E-state index contributed by atoms with van der Waals surface area (Å²) in [7, 11) is -3.74. The SMILES string of the molecule is CCOc1ccc(NS(=O)(=O)C2CC(C(=O)Nc3ccc(Cl)cc3)NN2)cc1. The van der Waals surface area contributed by atoms with E-state index >= 15 is 0 Å². The van der Waals surface area contributed by atoms with Gasteiger partial charge in [0.25, 0.3) is 0 Å². The number of anilines is 2. The summed E-state index contributed by atoms with van der Waals surface area (Å²) >= 11 is 5.82. The van der Waals surface area contributed by atoms with Gasteiger partial charge in [-0.15, -0.1) is 0 Å². The molecule has 2 atom stereocenters. The molecule has 2 aromatic rings. The summed E-state index contributed by atoms with van der Waals surface area (Å²) in [6.07, 6.45) is 0.0752. The lowest BCUT2D eigenvalue weighted by molar-refractivity contribution is -0.117. The molecule has 2 aromatic carbocycles. The fourth-order valence-corrected chi connectivity index (χ4v) is 4.09. The van der Waals surface area contributed by atoms with Crippen molar-refractivity contribution in [2.24, 2.45) is 0 Å². The molecule has 1 saturated heterocycles. The highest BCUT2D eigenvalue weighted by atomic mass is 35.5. The summed E-state index contributed by atoms with van der Waals surface area (Å²) in [5.74, 6) is 0.318. The van der Waals surface area contributed by atoms with Gasteiger partial charge in [0, 0.05) is 22.8 Å². The van der Waals surface area contributed by atoms with E-state index in [4.69, 9.17) is 16.3 Å². The summed E-state index contributed by atoms with van der Waals surface area (Å²) in [6, 6.07) is 12.6. The van der Waals surface area contributed by atoms with E-state index in [0.29, 0.717) is 28.8 Å². The first-order valence-electron chi connectivity index (χ1n) is 8.69. The molecule has 0 aromatic heterocycles. The zero-order valence-electron chi connectivity index (χ0n) is 15.1. The number of benzene rings is 2. The number of hydrazine groups is 1. The van der Waals surface area contributed by atoms with Crippen LogP contribution in [0.3, 0.4) is 0 Å². The minimum atomic E-state index is -3.74. The maximum atomic E-state index is 12.6. The maximum absolute atomic E-state index is 12.6. The molecule has 3 rings (SSSR count). The average molecular weight is 425 g/mol. The molecule has 1 heterocycles. The highest BCUT2D eigenvalue weighted by Crippen LogP contribution is 2.20. The number of rotatable bonds is 7. The predicted molar refractivity (Wildman–Crippen MR) is 109 cm³/mol. The smallest absolute Gasteiger partial charge is 0.250 e. The molecule has 10 heteroatoms. The number of carbonyl (C=O) groups is 1. The number of halogens is 1. The van der Waals surface area contributed by atoms with Crippen LogP contribution in [0.1, 0.15) is 13.3 Å². The van der Waals surface area contributed by atoms with Crippen LogP contribution in [0.25, 0.3) is 0 Å². The van der Waals surface area contributed by atoms with Crippen molar-refractivity contribution in [3.63, 3.8) is 0 Å². The van der Waals surface area contributed by atoms with Crippen molar-refractivity contribution in [1.29, 1.82) is 0 Å². The molecule has 1 fully saturated rings. The highest BCUT2D eigenvalue weighted by Gasteiger charge is 2.37. The minimum absolute atomic E-state index is 0.0752. The first-order valence-corrected chi connectivity index (χ1v) is 10.6. The third-order valence-electron chi connectivity index (χ3n) is 4.10. The molecular formula is C18H21ClN4O4S. The Kier molecular flexibility index (Phi) is 6.40. The van der Waals surface area contributed by atoms with E-state index in [1.54, 1.807) is 48.5 Å². The van der Waals surface area contributed by atoms with Crippen molar-refractivity contribution in [1.82, 2.24) is 10.9 Å². The fourth-order valence-electron chi connectivity index (χ4n) is 2.69. The molecule has 150 valence electrons. The predicted octanol–water partition coefficient (Wildman–Crippen LogP) is 2.31. The van der Waals surface area contributed by atoms with Crippen molar-refractivity contribution in [3.05, 3.63) is 53.6 Å². The number of carbonyl (C=O) groups excluding carboxylic acids is 1. The van der Waals surface area contributed by atoms with Crippen LogP contribution in [-0.4, -0.2) is 32.3 Å². The van der Waals surface area contributed by atoms with Gasteiger partial charge in [0.05, 0.1) is 6.61 Å². The molecule has 4 N–H and O–H groups in total. The zero-order valence-corrected chi connectivity index (χ0v) is 16.7. The lowest BCUT2D eigenvalue weighted by atomic mass is 10.2. The van der Waals surface area contributed by atoms with E-state index in [1.165, 1.54) is 0 Å². The first kappa shape index (κ1) is 20.4. The second-order valence-electron chi connectivity index (χ2n) is 6.17. The van der Waals surface area contributed by atoms with Gasteiger partial charge in [-0.3, -0.25) is 9.52 Å². The van der Waals surface area contributed by atoms with E-state index < -0.39 is 21.4 Å². The number of amides is 1. The normalized spacial score (nSPS) is 19.2. The highest BCUT2D eigenvalue weighted by molar-refractivity contribution is 7.93. The lowest BCUT2D eigenvalue weighted by Crippen LogP contribution is -2.42.